The van der Waals surface area contributed by atoms with Gasteiger partial charge in [0.2, 0.25) is 0 Å². The van der Waals surface area contributed by atoms with Crippen LogP contribution < -0.4 is 10.2 Å². The number of nitrogens with one attached hydrogen (secondary N) is 1. The highest BCUT2D eigenvalue weighted by molar-refractivity contribution is 6.38. The number of fused-ring (bicyclic) bond motifs is 4. The van der Waals surface area contributed by atoms with Gasteiger partial charge < -0.3 is 25.2 Å². The van der Waals surface area contributed by atoms with Crippen molar-refractivity contribution in [3.63, 3.8) is 0 Å². The van der Waals surface area contributed by atoms with E-state index in [9.17, 15) is 15.0 Å². The minimum atomic E-state index is -1.43. The lowest BCUT2D eigenvalue weighted by Gasteiger charge is -2.42. The molecule has 4 aromatic rings. The second-order valence-corrected chi connectivity index (χ2v) is 11.4. The summed E-state index contributed by atoms with van der Waals surface area (Å²) in [7, 11) is 1.83. The van der Waals surface area contributed by atoms with Gasteiger partial charge in [0.1, 0.15) is 23.1 Å². The Bertz CT molecular complexity index is 1650. The van der Waals surface area contributed by atoms with Gasteiger partial charge in [0.25, 0.3) is 0 Å². The number of carbonyl (C=O) groups is 1. The molecule has 41 heavy (non-hydrogen) atoms. The van der Waals surface area contributed by atoms with Crippen LogP contribution in [0.15, 0.2) is 18.3 Å². The van der Waals surface area contributed by atoms with Gasteiger partial charge in [-0.25, -0.2) is 23.8 Å². The van der Waals surface area contributed by atoms with Crippen LogP contribution in [-0.4, -0.2) is 76.7 Å². The molecule has 3 aromatic heterocycles. The minimum Gasteiger partial charge on any atom is -0.465 e. The first kappa shape index (κ1) is 26.4. The zero-order chi connectivity index (χ0) is 28.4. The first-order valence-electron chi connectivity index (χ1n) is 13.9. The van der Waals surface area contributed by atoms with Gasteiger partial charge in [-0.15, -0.1) is 0 Å². The number of anilines is 1. The van der Waals surface area contributed by atoms with E-state index in [2.05, 4.69) is 10.4 Å². The van der Waals surface area contributed by atoms with Crippen molar-refractivity contribution in [3.8, 4) is 11.3 Å². The number of carboxylic acid groups (broad SMARTS) is 1. The van der Waals surface area contributed by atoms with Crippen LogP contribution in [0, 0.1) is 0 Å². The van der Waals surface area contributed by atoms with E-state index in [1.807, 2.05) is 30.3 Å². The summed E-state index contributed by atoms with van der Waals surface area (Å²) in [6, 6.07) is 2.19. The van der Waals surface area contributed by atoms with Gasteiger partial charge in [0.15, 0.2) is 17.7 Å². The van der Waals surface area contributed by atoms with E-state index in [0.717, 1.165) is 30.2 Å². The normalized spacial score (nSPS) is 26.2. The van der Waals surface area contributed by atoms with Crippen molar-refractivity contribution in [3.05, 3.63) is 29.0 Å². The molecule has 3 fully saturated rings. The zero-order valence-corrected chi connectivity index (χ0v) is 23.1. The number of aryl methyl sites for hydroxylation is 1. The first-order valence-corrected chi connectivity index (χ1v) is 14.3. The average molecular weight is 585 g/mol. The van der Waals surface area contributed by atoms with Gasteiger partial charge in [-0.1, -0.05) is 11.6 Å². The number of aliphatic hydroxyl groups is 1. The number of aliphatic hydroxyl groups excluding tert-OH is 1. The first-order chi connectivity index (χ1) is 19.8. The molecule has 3 saturated heterocycles. The molecule has 1 aromatic carbocycles. The summed E-state index contributed by atoms with van der Waals surface area (Å²) in [6.45, 7) is 0.179. The molecule has 1 amide bonds. The molecule has 6 heterocycles. The Balaban J connectivity index is 1.39. The van der Waals surface area contributed by atoms with Gasteiger partial charge in [-0.3, -0.25) is 4.68 Å². The average Bonchev–Trinajstić information content (AvgIpc) is 3.64. The Morgan fingerprint density at radius 3 is 2.83 bits per heavy atom. The summed E-state index contributed by atoms with van der Waals surface area (Å²) >= 11 is 6.89. The molecule has 0 spiro atoms. The topological polar surface area (TPSA) is 143 Å². The smallest absolute Gasteiger partial charge is 0.404 e. The molecule has 0 radical (unpaired) electrons. The van der Waals surface area contributed by atoms with Gasteiger partial charge in [0.05, 0.1) is 29.2 Å². The zero-order valence-electron chi connectivity index (χ0n) is 22.4. The molecule has 3 aliphatic rings. The number of amides is 1. The lowest BCUT2D eigenvalue weighted by atomic mass is 9.95. The summed E-state index contributed by atoms with van der Waals surface area (Å²) in [4.78, 5) is 23.0. The van der Waals surface area contributed by atoms with Crippen LogP contribution >= 0.6 is 11.6 Å². The van der Waals surface area contributed by atoms with E-state index in [1.54, 1.807) is 9.36 Å². The van der Waals surface area contributed by atoms with E-state index in [0.29, 0.717) is 64.8 Å². The highest BCUT2D eigenvalue weighted by atomic mass is 35.5. The largest absolute Gasteiger partial charge is 0.465 e. The summed E-state index contributed by atoms with van der Waals surface area (Å²) in [6.07, 6.45) is 3.01. The van der Waals surface area contributed by atoms with Crippen molar-refractivity contribution in [2.45, 2.75) is 75.7 Å². The summed E-state index contributed by atoms with van der Waals surface area (Å²) in [5, 5.41) is 32.6. The predicted octanol–water partition coefficient (Wildman–Crippen LogP) is 3.94. The minimum absolute atomic E-state index is 0.148. The lowest BCUT2D eigenvalue weighted by molar-refractivity contribution is -0.0368. The number of rotatable bonds is 5. The number of alkyl halides is 1. The maximum atomic E-state index is 15.6. The molecule has 0 saturated carbocycles. The third-order valence-electron chi connectivity index (χ3n) is 8.53. The Kier molecular flexibility index (Phi) is 6.47. The van der Waals surface area contributed by atoms with E-state index >= 15 is 4.39 Å². The van der Waals surface area contributed by atoms with Gasteiger partial charge in [0, 0.05) is 36.8 Å². The summed E-state index contributed by atoms with van der Waals surface area (Å²) < 4.78 is 25.1. The van der Waals surface area contributed by atoms with Crippen molar-refractivity contribution in [1.82, 2.24) is 34.8 Å². The van der Waals surface area contributed by atoms with Gasteiger partial charge >= 0.3 is 6.09 Å². The van der Waals surface area contributed by atoms with Crippen molar-refractivity contribution < 1.29 is 24.1 Å². The Morgan fingerprint density at radius 2 is 2.07 bits per heavy atom. The van der Waals surface area contributed by atoms with Crippen LogP contribution in [0.5, 0.6) is 0 Å². The molecule has 5 atom stereocenters. The second kappa shape index (κ2) is 10.1. The number of hydrogen-bond acceptors (Lipinski definition) is 8. The van der Waals surface area contributed by atoms with Crippen LogP contribution in [-0.2, 0) is 18.4 Å². The maximum absolute atomic E-state index is 15.6. The van der Waals surface area contributed by atoms with Gasteiger partial charge in [-0.05, 0) is 50.7 Å². The standard InChI is InChI=1S/C27H30ClFN8O4/c1-35-11-15-16(33-35)7-6-14(21(15)28)23-24-26(37(34-23)20-4-2-3-9-41-20)32-25(18(12-38)30-24)36-13-5-8-19(36)22(29)17(10-13)31-27(39)40/h6-7,11,13,17,19-20,22,31,38H,2-5,8-10,12H2,1H3,(H,39,40)/t13-,17-,19+,20?,22-/m0/s1. The third kappa shape index (κ3) is 4.29. The summed E-state index contributed by atoms with van der Waals surface area (Å²) in [5.41, 5.74) is 3.14. The van der Waals surface area contributed by atoms with Crippen LogP contribution in [0.4, 0.5) is 15.0 Å². The van der Waals surface area contributed by atoms with Crippen LogP contribution in [0.2, 0.25) is 5.02 Å². The van der Waals surface area contributed by atoms with Gasteiger partial charge in [-0.2, -0.15) is 10.2 Å². The van der Waals surface area contributed by atoms with Crippen LogP contribution in [0.1, 0.15) is 50.4 Å². The van der Waals surface area contributed by atoms with Crippen molar-refractivity contribution in [2.24, 2.45) is 7.05 Å². The molecule has 12 nitrogen and oxygen atoms in total. The van der Waals surface area contributed by atoms with E-state index in [1.165, 1.54) is 0 Å². The Morgan fingerprint density at radius 1 is 1.22 bits per heavy atom. The number of hydrogen-bond donors (Lipinski definition) is 3. The number of aromatic nitrogens is 6. The molecular formula is C27H30ClFN8O4. The fraction of sp³-hybridized carbons (Fsp3) is 0.519. The summed E-state index contributed by atoms with van der Waals surface area (Å²) in [5.74, 6) is 0.390. The number of nitrogens with zero attached hydrogens (tertiary/aromatic N) is 7. The number of halogens is 2. The molecule has 3 N–H and O–H groups in total. The Labute approximate surface area is 239 Å². The SMILES string of the molecule is Cn1cc2c(Cl)c(-c3nn(C4CCCCO4)c4nc(N5[C@H]6CC[C@@H]5[C@@H](F)[C@@H](NC(=O)O)C6)c(CO)nc34)ccc2n1. The predicted molar refractivity (Wildman–Crippen MR) is 149 cm³/mol. The van der Waals surface area contributed by atoms with E-state index in [4.69, 9.17) is 31.4 Å². The third-order valence-corrected chi connectivity index (χ3v) is 8.93. The highest BCUT2D eigenvalue weighted by Gasteiger charge is 2.49. The quantitative estimate of drug-likeness (QED) is 0.318. The van der Waals surface area contributed by atoms with Crippen LogP contribution in [0.25, 0.3) is 33.3 Å². The van der Waals surface area contributed by atoms with Crippen LogP contribution in [0.3, 0.4) is 0 Å². The fourth-order valence-electron chi connectivity index (χ4n) is 6.72. The van der Waals surface area contributed by atoms with E-state index < -0.39 is 31.0 Å². The molecule has 7 rings (SSSR count). The molecular weight excluding hydrogens is 555 g/mol. The van der Waals surface area contributed by atoms with Crippen molar-refractivity contribution >= 4 is 45.6 Å². The molecule has 2 bridgehead atoms. The molecule has 14 heteroatoms. The van der Waals surface area contributed by atoms with Crippen molar-refractivity contribution in [1.29, 1.82) is 0 Å². The number of ether oxygens (including phenoxy) is 1. The number of benzene rings is 1. The second-order valence-electron chi connectivity index (χ2n) is 11.0. The monoisotopic (exact) mass is 584 g/mol. The highest BCUT2D eigenvalue weighted by Crippen LogP contribution is 2.43. The lowest BCUT2D eigenvalue weighted by Crippen LogP contribution is -2.58. The van der Waals surface area contributed by atoms with Crippen molar-refractivity contribution in [2.75, 3.05) is 11.5 Å². The molecule has 1 unspecified atom stereocenters. The molecule has 3 aliphatic heterocycles. The maximum Gasteiger partial charge on any atom is 0.404 e. The van der Waals surface area contributed by atoms with E-state index in [-0.39, 0.29) is 12.3 Å². The molecule has 0 aliphatic carbocycles. The number of piperidine rings is 1. The Hall–Kier alpha value is -3.55. The molecule has 216 valence electrons. The fourth-order valence-corrected chi connectivity index (χ4v) is 7.02.